The molecule has 1 aliphatic rings. The van der Waals surface area contributed by atoms with E-state index in [-0.39, 0.29) is 17.7 Å². The molecule has 2 rings (SSSR count). The zero-order valence-corrected chi connectivity index (χ0v) is 16.3. The summed E-state index contributed by atoms with van der Waals surface area (Å²) < 4.78 is 5.15. The summed E-state index contributed by atoms with van der Waals surface area (Å²) in [5.74, 6) is 0.491. The Hall–Kier alpha value is -1.60. The van der Waals surface area contributed by atoms with Crippen molar-refractivity contribution < 1.29 is 14.6 Å². The maximum absolute atomic E-state index is 11.5. The molecule has 0 spiro atoms. The molecule has 26 heavy (non-hydrogen) atoms. The number of amides is 1. The lowest BCUT2D eigenvalue weighted by Crippen LogP contribution is -2.41. The smallest absolute Gasteiger partial charge is 0.407 e. The van der Waals surface area contributed by atoms with E-state index in [2.05, 4.69) is 20.8 Å². The third-order valence-electron chi connectivity index (χ3n) is 4.64. The van der Waals surface area contributed by atoms with Crippen LogP contribution < -0.4 is 10.6 Å². The van der Waals surface area contributed by atoms with E-state index in [1.807, 2.05) is 27.0 Å². The summed E-state index contributed by atoms with van der Waals surface area (Å²) in [4.78, 5) is 11.5. The standard InChI is InChI=1S/C19H34N4O3/c1-19(2,3)22-18(25)26-12-4-10-20-11-9-15-13-21-23-17(15)14-5-7-16(24)8-6-14/h13-14,16,20,24H,4-12H2,1-3H3,(H,21,23)(H,22,25). The number of ether oxygens (including phenoxy) is 1. The molecule has 1 aromatic rings. The van der Waals surface area contributed by atoms with Crippen molar-refractivity contribution in [3.63, 3.8) is 0 Å². The van der Waals surface area contributed by atoms with Crippen molar-refractivity contribution in [3.05, 3.63) is 17.5 Å². The third-order valence-corrected chi connectivity index (χ3v) is 4.64. The molecule has 148 valence electrons. The van der Waals surface area contributed by atoms with Crippen LogP contribution in [-0.4, -0.2) is 52.7 Å². The number of carbonyl (C=O) groups excluding carboxylic acids is 1. The zero-order valence-electron chi connectivity index (χ0n) is 16.3. The normalized spacial score (nSPS) is 20.8. The lowest BCUT2D eigenvalue weighted by atomic mass is 9.84. The molecule has 1 amide bonds. The first-order chi connectivity index (χ1) is 12.3. The number of aliphatic hydroxyl groups excluding tert-OH is 1. The molecule has 0 aromatic carbocycles. The van der Waals surface area contributed by atoms with E-state index < -0.39 is 0 Å². The average Bonchev–Trinajstić information content (AvgIpc) is 3.01. The van der Waals surface area contributed by atoms with Gasteiger partial charge in [-0.2, -0.15) is 5.10 Å². The molecule has 1 fully saturated rings. The highest BCUT2D eigenvalue weighted by molar-refractivity contribution is 5.67. The topological polar surface area (TPSA) is 99.3 Å². The van der Waals surface area contributed by atoms with Gasteiger partial charge in [-0.1, -0.05) is 0 Å². The van der Waals surface area contributed by atoms with Crippen molar-refractivity contribution >= 4 is 6.09 Å². The number of nitrogens with one attached hydrogen (secondary N) is 3. The van der Waals surface area contributed by atoms with Gasteiger partial charge in [-0.3, -0.25) is 5.10 Å². The highest BCUT2D eigenvalue weighted by atomic mass is 16.5. The van der Waals surface area contributed by atoms with Gasteiger partial charge in [0.2, 0.25) is 0 Å². The predicted molar refractivity (Wildman–Crippen MR) is 101 cm³/mol. The highest BCUT2D eigenvalue weighted by Crippen LogP contribution is 2.33. The number of hydrogen-bond donors (Lipinski definition) is 4. The molecular weight excluding hydrogens is 332 g/mol. The van der Waals surface area contributed by atoms with Gasteiger partial charge in [0.1, 0.15) is 0 Å². The van der Waals surface area contributed by atoms with Gasteiger partial charge in [0.05, 0.1) is 18.9 Å². The summed E-state index contributed by atoms with van der Waals surface area (Å²) in [5, 5.41) is 23.2. The van der Waals surface area contributed by atoms with Crippen LogP contribution in [0.5, 0.6) is 0 Å². The van der Waals surface area contributed by atoms with Crippen LogP contribution in [0.15, 0.2) is 6.20 Å². The monoisotopic (exact) mass is 366 g/mol. The van der Waals surface area contributed by atoms with Gasteiger partial charge in [-0.15, -0.1) is 0 Å². The van der Waals surface area contributed by atoms with E-state index in [1.165, 1.54) is 11.3 Å². The van der Waals surface area contributed by atoms with Crippen LogP contribution in [0, 0.1) is 0 Å². The first kappa shape index (κ1) is 20.7. The van der Waals surface area contributed by atoms with Crippen molar-refractivity contribution in [1.29, 1.82) is 0 Å². The van der Waals surface area contributed by atoms with Gasteiger partial charge in [-0.25, -0.2) is 4.79 Å². The van der Waals surface area contributed by atoms with Crippen LogP contribution in [0.2, 0.25) is 0 Å². The van der Waals surface area contributed by atoms with Crippen LogP contribution in [0.1, 0.15) is 70.1 Å². The molecular formula is C19H34N4O3. The highest BCUT2D eigenvalue weighted by Gasteiger charge is 2.23. The number of alkyl carbamates (subject to hydrolysis) is 1. The van der Waals surface area contributed by atoms with Crippen molar-refractivity contribution in [3.8, 4) is 0 Å². The number of H-pyrrole nitrogens is 1. The first-order valence-corrected chi connectivity index (χ1v) is 9.71. The van der Waals surface area contributed by atoms with Gasteiger partial charge < -0.3 is 20.5 Å². The molecule has 1 aliphatic carbocycles. The second-order valence-corrected chi connectivity index (χ2v) is 8.18. The molecule has 4 N–H and O–H groups in total. The van der Waals surface area contributed by atoms with Gasteiger partial charge >= 0.3 is 6.09 Å². The van der Waals surface area contributed by atoms with E-state index in [0.717, 1.165) is 51.6 Å². The van der Waals surface area contributed by atoms with E-state index >= 15 is 0 Å². The van der Waals surface area contributed by atoms with Crippen molar-refractivity contribution in [2.24, 2.45) is 0 Å². The minimum Gasteiger partial charge on any atom is -0.450 e. The van der Waals surface area contributed by atoms with Gasteiger partial charge in [-0.05, 0) is 77.9 Å². The number of rotatable bonds is 8. The second-order valence-electron chi connectivity index (χ2n) is 8.18. The van der Waals surface area contributed by atoms with Crippen molar-refractivity contribution in [2.45, 2.75) is 76.9 Å². The van der Waals surface area contributed by atoms with Crippen LogP contribution in [-0.2, 0) is 11.2 Å². The quantitative estimate of drug-likeness (QED) is 0.530. The largest absolute Gasteiger partial charge is 0.450 e. The fourth-order valence-electron chi connectivity index (χ4n) is 3.29. The Balaban J connectivity index is 1.58. The van der Waals surface area contributed by atoms with E-state index in [0.29, 0.717) is 12.5 Å². The van der Waals surface area contributed by atoms with Gasteiger partial charge in [0.25, 0.3) is 0 Å². The van der Waals surface area contributed by atoms with Crippen LogP contribution >= 0.6 is 0 Å². The molecule has 0 saturated heterocycles. The van der Waals surface area contributed by atoms with Crippen LogP contribution in [0.3, 0.4) is 0 Å². The SMILES string of the molecule is CC(C)(C)NC(=O)OCCCNCCc1cn[nH]c1C1CCC(O)CC1. The predicted octanol–water partition coefficient (Wildman–Crippen LogP) is 2.48. The molecule has 1 aromatic heterocycles. The maximum Gasteiger partial charge on any atom is 0.407 e. The summed E-state index contributed by atoms with van der Waals surface area (Å²) in [6.07, 6.45) is 6.95. The van der Waals surface area contributed by atoms with Crippen LogP contribution in [0.25, 0.3) is 0 Å². The fraction of sp³-hybridized carbons (Fsp3) is 0.789. The number of aliphatic hydroxyl groups is 1. The van der Waals surface area contributed by atoms with E-state index in [9.17, 15) is 9.90 Å². The first-order valence-electron chi connectivity index (χ1n) is 9.71. The fourth-order valence-corrected chi connectivity index (χ4v) is 3.29. The summed E-state index contributed by atoms with van der Waals surface area (Å²) in [7, 11) is 0. The Labute approximate surface area is 156 Å². The third kappa shape index (κ3) is 7.33. The molecule has 0 atom stereocenters. The number of aromatic amines is 1. The second kappa shape index (κ2) is 9.92. The molecule has 0 radical (unpaired) electrons. The number of nitrogens with zero attached hydrogens (tertiary/aromatic N) is 1. The van der Waals surface area contributed by atoms with Crippen LogP contribution in [0.4, 0.5) is 4.79 Å². The number of aromatic nitrogens is 2. The Morgan fingerprint density at radius 2 is 2.04 bits per heavy atom. The van der Waals surface area contributed by atoms with E-state index in [1.54, 1.807) is 0 Å². The minimum atomic E-state index is -0.363. The molecule has 7 nitrogen and oxygen atoms in total. The summed E-state index contributed by atoms with van der Waals surface area (Å²) in [6, 6.07) is 0. The van der Waals surface area contributed by atoms with Crippen molar-refractivity contribution in [2.75, 3.05) is 19.7 Å². The average molecular weight is 367 g/mol. The Morgan fingerprint density at radius 3 is 2.73 bits per heavy atom. The van der Waals surface area contributed by atoms with E-state index in [4.69, 9.17) is 4.74 Å². The molecule has 0 unspecified atom stereocenters. The molecule has 1 saturated carbocycles. The molecule has 0 bridgehead atoms. The molecule has 1 heterocycles. The number of carbonyl (C=O) groups is 1. The molecule has 7 heteroatoms. The minimum absolute atomic E-state index is 0.132. The van der Waals surface area contributed by atoms with Gasteiger partial charge in [0.15, 0.2) is 0 Å². The molecule has 0 aliphatic heterocycles. The Kier molecular flexibility index (Phi) is 7.90. The summed E-state index contributed by atoms with van der Waals surface area (Å²) >= 11 is 0. The summed E-state index contributed by atoms with van der Waals surface area (Å²) in [5.41, 5.74) is 2.23. The zero-order chi connectivity index (χ0) is 19.0. The lowest BCUT2D eigenvalue weighted by Gasteiger charge is -2.25. The Morgan fingerprint density at radius 1 is 1.31 bits per heavy atom. The summed E-state index contributed by atoms with van der Waals surface area (Å²) in [6.45, 7) is 7.87. The lowest BCUT2D eigenvalue weighted by molar-refractivity contribution is 0.122. The maximum atomic E-state index is 11.5. The Bertz CT molecular complexity index is 545. The van der Waals surface area contributed by atoms with Crippen molar-refractivity contribution in [1.82, 2.24) is 20.8 Å². The number of hydrogen-bond acceptors (Lipinski definition) is 5. The van der Waals surface area contributed by atoms with Gasteiger partial charge in [0, 0.05) is 17.2 Å².